The topological polar surface area (TPSA) is 37.3 Å². The Bertz CT molecular complexity index is 179. The van der Waals surface area contributed by atoms with Gasteiger partial charge in [-0.25, -0.2) is 0 Å². The molecule has 0 amide bonds. The van der Waals surface area contributed by atoms with E-state index >= 15 is 0 Å². The molecule has 0 saturated heterocycles. The van der Waals surface area contributed by atoms with Gasteiger partial charge in [0.25, 0.3) is 0 Å². The summed E-state index contributed by atoms with van der Waals surface area (Å²) in [5, 5.41) is 8.89. The van der Waals surface area contributed by atoms with Crippen LogP contribution in [0.3, 0.4) is 0 Å². The summed E-state index contributed by atoms with van der Waals surface area (Å²) in [5.41, 5.74) is 0.397. The predicted molar refractivity (Wildman–Crippen MR) is 33.9 cm³/mol. The lowest BCUT2D eigenvalue weighted by Crippen LogP contribution is -2.22. The molecule has 2 heteroatoms. The molecular formula is C7H8O2. The SMILES string of the molecule is C=C1C=CCC(O)C1=O. The summed E-state index contributed by atoms with van der Waals surface area (Å²) in [6.07, 6.45) is 2.96. The molecule has 2 nitrogen and oxygen atoms in total. The molecule has 0 aromatic carbocycles. The molecule has 0 bridgehead atoms. The molecule has 1 atom stereocenters. The summed E-state index contributed by atoms with van der Waals surface area (Å²) in [6, 6.07) is 0. The largest absolute Gasteiger partial charge is 0.385 e. The normalized spacial score (nSPS) is 27.0. The Labute approximate surface area is 53.5 Å². The van der Waals surface area contributed by atoms with Crippen LogP contribution in [0, 0.1) is 0 Å². The van der Waals surface area contributed by atoms with Crippen molar-refractivity contribution in [2.45, 2.75) is 12.5 Å². The second-order valence-electron chi connectivity index (χ2n) is 2.04. The minimum absolute atomic E-state index is 0.252. The van der Waals surface area contributed by atoms with Crippen molar-refractivity contribution >= 4 is 5.78 Å². The van der Waals surface area contributed by atoms with E-state index < -0.39 is 6.10 Å². The van der Waals surface area contributed by atoms with Gasteiger partial charge in [0, 0.05) is 5.57 Å². The first-order valence-electron chi connectivity index (χ1n) is 2.79. The zero-order valence-electron chi connectivity index (χ0n) is 5.00. The molecule has 1 unspecified atom stereocenters. The molecule has 0 saturated carbocycles. The van der Waals surface area contributed by atoms with Gasteiger partial charge in [-0.3, -0.25) is 4.79 Å². The Kier molecular flexibility index (Phi) is 1.49. The summed E-state index contributed by atoms with van der Waals surface area (Å²) >= 11 is 0. The Hall–Kier alpha value is -0.890. The van der Waals surface area contributed by atoms with Gasteiger partial charge in [-0.1, -0.05) is 18.7 Å². The molecule has 0 heterocycles. The molecule has 0 fully saturated rings. The van der Waals surface area contributed by atoms with Gasteiger partial charge in [0.15, 0.2) is 5.78 Å². The van der Waals surface area contributed by atoms with Crippen LogP contribution in [0.1, 0.15) is 6.42 Å². The number of aliphatic hydroxyl groups excluding tert-OH is 1. The van der Waals surface area contributed by atoms with E-state index in [1.807, 2.05) is 0 Å². The highest BCUT2D eigenvalue weighted by atomic mass is 16.3. The molecule has 0 aliphatic heterocycles. The number of allylic oxidation sites excluding steroid dienone is 1. The maximum Gasteiger partial charge on any atom is 0.190 e. The second-order valence-corrected chi connectivity index (χ2v) is 2.04. The molecule has 1 aliphatic carbocycles. The average Bonchev–Trinajstić information content (AvgIpc) is 1.83. The van der Waals surface area contributed by atoms with Crippen LogP contribution in [-0.4, -0.2) is 17.0 Å². The zero-order valence-corrected chi connectivity index (χ0v) is 5.00. The van der Waals surface area contributed by atoms with Crippen molar-refractivity contribution in [1.82, 2.24) is 0 Å². The monoisotopic (exact) mass is 124 g/mol. The van der Waals surface area contributed by atoms with Gasteiger partial charge in [-0.15, -0.1) is 0 Å². The van der Waals surface area contributed by atoms with Crippen LogP contribution < -0.4 is 0 Å². The van der Waals surface area contributed by atoms with E-state index in [0.717, 1.165) is 0 Å². The molecule has 0 radical (unpaired) electrons. The minimum atomic E-state index is -0.845. The first-order chi connectivity index (χ1) is 4.22. The molecule has 48 valence electrons. The smallest absolute Gasteiger partial charge is 0.190 e. The van der Waals surface area contributed by atoms with E-state index in [1.54, 1.807) is 12.2 Å². The maximum atomic E-state index is 10.7. The summed E-state index contributed by atoms with van der Waals surface area (Å²) in [4.78, 5) is 10.7. The van der Waals surface area contributed by atoms with Crippen LogP contribution in [-0.2, 0) is 4.79 Å². The molecule has 9 heavy (non-hydrogen) atoms. The van der Waals surface area contributed by atoms with Gasteiger partial charge in [0.1, 0.15) is 6.10 Å². The third-order valence-electron chi connectivity index (χ3n) is 1.30. The highest BCUT2D eigenvalue weighted by Crippen LogP contribution is 2.10. The van der Waals surface area contributed by atoms with Crippen LogP contribution in [0.5, 0.6) is 0 Å². The van der Waals surface area contributed by atoms with E-state index in [1.165, 1.54) is 0 Å². The Morgan fingerprint density at radius 1 is 1.78 bits per heavy atom. The minimum Gasteiger partial charge on any atom is -0.385 e. The van der Waals surface area contributed by atoms with Crippen molar-refractivity contribution in [3.63, 3.8) is 0 Å². The van der Waals surface area contributed by atoms with E-state index in [9.17, 15) is 4.79 Å². The number of ketones is 1. The molecule has 1 rings (SSSR count). The fourth-order valence-electron chi connectivity index (χ4n) is 0.742. The van der Waals surface area contributed by atoms with Crippen molar-refractivity contribution in [3.8, 4) is 0 Å². The fourth-order valence-corrected chi connectivity index (χ4v) is 0.742. The summed E-state index contributed by atoms with van der Waals surface area (Å²) in [5.74, 6) is -0.252. The van der Waals surface area contributed by atoms with Crippen molar-refractivity contribution in [1.29, 1.82) is 0 Å². The quantitative estimate of drug-likeness (QED) is 0.475. The predicted octanol–water partition coefficient (Wildman–Crippen LogP) is 0.432. The fraction of sp³-hybridized carbons (Fsp3) is 0.286. The third kappa shape index (κ3) is 1.08. The van der Waals surface area contributed by atoms with E-state index in [0.29, 0.717) is 12.0 Å². The summed E-state index contributed by atoms with van der Waals surface area (Å²) < 4.78 is 0. The second kappa shape index (κ2) is 2.15. The molecule has 0 aromatic heterocycles. The zero-order chi connectivity index (χ0) is 6.85. The van der Waals surface area contributed by atoms with Gasteiger partial charge in [0.2, 0.25) is 0 Å². The van der Waals surface area contributed by atoms with Crippen molar-refractivity contribution in [2.75, 3.05) is 0 Å². The number of Topliss-reactive ketones (excluding diaryl/α,β-unsaturated/α-hetero) is 1. The molecular weight excluding hydrogens is 116 g/mol. The lowest BCUT2D eigenvalue weighted by Gasteiger charge is -2.10. The summed E-state index contributed by atoms with van der Waals surface area (Å²) in [7, 11) is 0. The number of hydrogen-bond acceptors (Lipinski definition) is 2. The highest BCUT2D eigenvalue weighted by Gasteiger charge is 2.17. The number of carbonyl (C=O) groups is 1. The molecule has 1 N–H and O–H groups in total. The number of hydrogen-bond donors (Lipinski definition) is 1. The van der Waals surface area contributed by atoms with Crippen LogP contribution in [0.25, 0.3) is 0 Å². The van der Waals surface area contributed by atoms with E-state index in [4.69, 9.17) is 5.11 Å². The number of aliphatic hydroxyl groups is 1. The standard InChI is InChI=1S/C7H8O2/c1-5-3-2-4-6(8)7(5)9/h2-3,6,8H,1,4H2. The Morgan fingerprint density at radius 2 is 2.44 bits per heavy atom. The van der Waals surface area contributed by atoms with Gasteiger partial charge in [-0.05, 0) is 6.42 Å². The van der Waals surface area contributed by atoms with Crippen molar-refractivity contribution < 1.29 is 9.90 Å². The first-order valence-corrected chi connectivity index (χ1v) is 2.79. The Morgan fingerprint density at radius 3 is 2.89 bits per heavy atom. The van der Waals surface area contributed by atoms with Crippen LogP contribution >= 0.6 is 0 Å². The van der Waals surface area contributed by atoms with E-state index in [2.05, 4.69) is 6.58 Å². The van der Waals surface area contributed by atoms with Gasteiger partial charge in [0.05, 0.1) is 0 Å². The van der Waals surface area contributed by atoms with Gasteiger partial charge in [-0.2, -0.15) is 0 Å². The van der Waals surface area contributed by atoms with E-state index in [-0.39, 0.29) is 5.78 Å². The maximum absolute atomic E-state index is 10.7. The highest BCUT2D eigenvalue weighted by molar-refractivity contribution is 6.01. The van der Waals surface area contributed by atoms with Crippen LogP contribution in [0.4, 0.5) is 0 Å². The molecule has 0 spiro atoms. The number of carbonyl (C=O) groups excluding carboxylic acids is 1. The number of rotatable bonds is 0. The van der Waals surface area contributed by atoms with Crippen LogP contribution in [0.15, 0.2) is 24.3 Å². The van der Waals surface area contributed by atoms with Gasteiger partial charge >= 0.3 is 0 Å². The van der Waals surface area contributed by atoms with Crippen LogP contribution in [0.2, 0.25) is 0 Å². The van der Waals surface area contributed by atoms with Gasteiger partial charge < -0.3 is 5.11 Å². The average molecular weight is 124 g/mol. The third-order valence-corrected chi connectivity index (χ3v) is 1.30. The lowest BCUT2D eigenvalue weighted by molar-refractivity contribution is -0.123. The Balaban J connectivity index is 2.81. The molecule has 0 aromatic rings. The van der Waals surface area contributed by atoms with Crippen molar-refractivity contribution in [2.24, 2.45) is 0 Å². The lowest BCUT2D eigenvalue weighted by atomic mass is 9.99. The first kappa shape index (κ1) is 6.23. The molecule has 1 aliphatic rings. The van der Waals surface area contributed by atoms with Crippen molar-refractivity contribution in [3.05, 3.63) is 24.3 Å². The summed E-state index contributed by atoms with van der Waals surface area (Å²) in [6.45, 7) is 3.45.